The minimum Gasteiger partial charge on any atom is -0.408 e. The molecule has 27 heavy (non-hydrogen) atoms. The molecule has 0 radical (unpaired) electrons. The smallest absolute Gasteiger partial charge is 0.408 e. The highest BCUT2D eigenvalue weighted by Crippen LogP contribution is 2.33. The summed E-state index contributed by atoms with van der Waals surface area (Å²) < 4.78 is 5.68. The summed E-state index contributed by atoms with van der Waals surface area (Å²) in [5, 5.41) is 0.956. The number of hydrogen-bond donors (Lipinski definition) is 1. The summed E-state index contributed by atoms with van der Waals surface area (Å²) in [6.07, 6.45) is 6.39. The second-order valence-corrected chi connectivity index (χ2v) is 8.36. The SMILES string of the molecule is CC(C)N1CCC(C2CCN(C(=O)Oc3c[nH]c4ccccc34)CC2)CC1. The van der Waals surface area contributed by atoms with Crippen molar-refractivity contribution in [3.05, 3.63) is 30.5 Å². The molecule has 1 N–H and O–H groups in total. The van der Waals surface area contributed by atoms with Crippen LogP contribution in [0.5, 0.6) is 5.75 Å². The van der Waals surface area contributed by atoms with Gasteiger partial charge in [0.15, 0.2) is 5.75 Å². The van der Waals surface area contributed by atoms with Crippen molar-refractivity contribution in [3.63, 3.8) is 0 Å². The number of aromatic amines is 1. The summed E-state index contributed by atoms with van der Waals surface area (Å²) in [6, 6.07) is 8.56. The van der Waals surface area contributed by atoms with Gasteiger partial charge in [-0.2, -0.15) is 0 Å². The highest BCUT2D eigenvalue weighted by molar-refractivity contribution is 5.88. The summed E-state index contributed by atoms with van der Waals surface area (Å²) in [5.41, 5.74) is 0.992. The monoisotopic (exact) mass is 369 g/mol. The van der Waals surface area contributed by atoms with Crippen molar-refractivity contribution in [2.75, 3.05) is 26.2 Å². The zero-order valence-corrected chi connectivity index (χ0v) is 16.5. The Morgan fingerprint density at radius 1 is 1.04 bits per heavy atom. The largest absolute Gasteiger partial charge is 0.415 e. The summed E-state index contributed by atoms with van der Waals surface area (Å²) in [4.78, 5) is 20.2. The van der Waals surface area contributed by atoms with E-state index in [1.807, 2.05) is 29.2 Å². The fourth-order valence-corrected chi connectivity index (χ4v) is 4.75. The number of fused-ring (bicyclic) bond motifs is 1. The lowest BCUT2D eigenvalue weighted by atomic mass is 9.78. The van der Waals surface area contributed by atoms with Crippen LogP contribution >= 0.6 is 0 Å². The molecule has 1 amide bonds. The van der Waals surface area contributed by atoms with Crippen LogP contribution in [0.15, 0.2) is 30.5 Å². The molecular weight excluding hydrogens is 338 g/mol. The molecular formula is C22H31N3O2. The Morgan fingerprint density at radius 3 is 2.33 bits per heavy atom. The highest BCUT2D eigenvalue weighted by atomic mass is 16.6. The molecule has 2 aliphatic heterocycles. The molecule has 1 aromatic carbocycles. The van der Waals surface area contributed by atoms with Gasteiger partial charge in [-0.25, -0.2) is 4.79 Å². The van der Waals surface area contributed by atoms with Crippen LogP contribution in [0.1, 0.15) is 39.5 Å². The van der Waals surface area contributed by atoms with Crippen molar-refractivity contribution < 1.29 is 9.53 Å². The van der Waals surface area contributed by atoms with E-state index in [2.05, 4.69) is 23.7 Å². The average Bonchev–Trinajstić information content (AvgIpc) is 3.11. The molecule has 0 unspecified atom stereocenters. The van der Waals surface area contributed by atoms with Crippen LogP contribution in [-0.4, -0.2) is 53.1 Å². The normalized spacial score (nSPS) is 20.5. The lowest BCUT2D eigenvalue weighted by molar-refractivity contribution is 0.0815. The predicted octanol–water partition coefficient (Wildman–Crippen LogP) is 4.50. The van der Waals surface area contributed by atoms with Crippen LogP contribution in [0.4, 0.5) is 4.79 Å². The molecule has 0 bridgehead atoms. The molecule has 0 spiro atoms. The third kappa shape index (κ3) is 3.98. The fraction of sp³-hybridized carbons (Fsp3) is 0.591. The number of hydrogen-bond acceptors (Lipinski definition) is 3. The molecule has 146 valence electrons. The van der Waals surface area contributed by atoms with Gasteiger partial charge in [-0.3, -0.25) is 0 Å². The number of piperidine rings is 2. The first kappa shape index (κ1) is 18.4. The molecule has 0 atom stereocenters. The zero-order valence-electron chi connectivity index (χ0n) is 16.5. The van der Waals surface area contributed by atoms with Gasteiger partial charge in [-0.15, -0.1) is 0 Å². The number of ether oxygens (including phenoxy) is 1. The standard InChI is InChI=1S/C22H31N3O2/c1-16(2)24-11-7-17(8-12-24)18-9-13-25(14-10-18)22(26)27-21-15-23-20-6-4-3-5-19(20)21/h3-6,15-18,23H,7-14H2,1-2H3. The first-order valence-electron chi connectivity index (χ1n) is 10.4. The Morgan fingerprint density at radius 2 is 1.67 bits per heavy atom. The van der Waals surface area contributed by atoms with E-state index >= 15 is 0 Å². The van der Waals surface area contributed by atoms with Crippen LogP contribution in [0.25, 0.3) is 10.9 Å². The second kappa shape index (κ2) is 7.93. The number of nitrogens with zero attached hydrogens (tertiary/aromatic N) is 2. The maximum Gasteiger partial charge on any atom is 0.415 e. The number of nitrogens with one attached hydrogen (secondary N) is 1. The van der Waals surface area contributed by atoms with E-state index in [-0.39, 0.29) is 6.09 Å². The maximum atomic E-state index is 12.6. The zero-order chi connectivity index (χ0) is 18.8. The minimum absolute atomic E-state index is 0.215. The van der Waals surface area contributed by atoms with Gasteiger partial charge in [0.25, 0.3) is 0 Å². The molecule has 2 aromatic rings. The van der Waals surface area contributed by atoms with Crippen LogP contribution in [-0.2, 0) is 0 Å². The van der Waals surface area contributed by atoms with Crippen molar-refractivity contribution in [3.8, 4) is 5.75 Å². The first-order chi connectivity index (χ1) is 13.1. The van der Waals surface area contributed by atoms with Crippen LogP contribution in [0, 0.1) is 11.8 Å². The number of aromatic nitrogens is 1. The van der Waals surface area contributed by atoms with Gasteiger partial charge in [-0.05, 0) is 76.6 Å². The molecule has 5 heteroatoms. The van der Waals surface area contributed by atoms with Gasteiger partial charge in [0.05, 0.1) is 0 Å². The Balaban J connectivity index is 1.28. The summed E-state index contributed by atoms with van der Waals surface area (Å²) in [6.45, 7) is 8.67. The van der Waals surface area contributed by atoms with E-state index in [0.29, 0.717) is 11.8 Å². The lowest BCUT2D eigenvalue weighted by Gasteiger charge is -2.41. The Labute approximate surface area is 161 Å². The van der Waals surface area contributed by atoms with Gasteiger partial charge in [0.2, 0.25) is 0 Å². The van der Waals surface area contributed by atoms with Crippen molar-refractivity contribution in [1.82, 2.24) is 14.8 Å². The summed E-state index contributed by atoms with van der Waals surface area (Å²) >= 11 is 0. The minimum atomic E-state index is -0.215. The number of amides is 1. The summed E-state index contributed by atoms with van der Waals surface area (Å²) in [7, 11) is 0. The number of carbonyl (C=O) groups is 1. The quantitative estimate of drug-likeness (QED) is 0.867. The number of benzene rings is 1. The molecule has 1 aromatic heterocycles. The summed E-state index contributed by atoms with van der Waals surface area (Å²) in [5.74, 6) is 2.21. The third-order valence-electron chi connectivity index (χ3n) is 6.52. The molecule has 5 nitrogen and oxygen atoms in total. The van der Waals surface area contributed by atoms with Crippen molar-refractivity contribution in [2.24, 2.45) is 11.8 Å². The molecule has 2 fully saturated rings. The van der Waals surface area contributed by atoms with E-state index in [0.717, 1.165) is 48.7 Å². The van der Waals surface area contributed by atoms with Gasteiger partial charge in [0, 0.05) is 36.2 Å². The van der Waals surface area contributed by atoms with Gasteiger partial charge >= 0.3 is 6.09 Å². The molecule has 0 saturated carbocycles. The highest BCUT2D eigenvalue weighted by Gasteiger charge is 2.32. The molecule has 2 saturated heterocycles. The van der Waals surface area contributed by atoms with Crippen LogP contribution < -0.4 is 4.74 Å². The van der Waals surface area contributed by atoms with E-state index in [9.17, 15) is 4.79 Å². The molecule has 4 rings (SSSR count). The lowest BCUT2D eigenvalue weighted by Crippen LogP contribution is -2.44. The molecule has 0 aliphatic carbocycles. The second-order valence-electron chi connectivity index (χ2n) is 8.36. The number of H-pyrrole nitrogens is 1. The number of carbonyl (C=O) groups excluding carboxylic acids is 1. The first-order valence-corrected chi connectivity index (χ1v) is 10.4. The van der Waals surface area contributed by atoms with E-state index in [1.54, 1.807) is 6.20 Å². The number of rotatable bonds is 3. The Kier molecular flexibility index (Phi) is 5.39. The van der Waals surface area contributed by atoms with E-state index in [1.165, 1.54) is 25.9 Å². The van der Waals surface area contributed by atoms with Gasteiger partial charge < -0.3 is 19.5 Å². The van der Waals surface area contributed by atoms with Crippen molar-refractivity contribution in [1.29, 1.82) is 0 Å². The van der Waals surface area contributed by atoms with Crippen molar-refractivity contribution >= 4 is 17.0 Å². The average molecular weight is 370 g/mol. The maximum absolute atomic E-state index is 12.6. The van der Waals surface area contributed by atoms with E-state index in [4.69, 9.17) is 4.74 Å². The Bertz CT molecular complexity index is 769. The predicted molar refractivity (Wildman–Crippen MR) is 108 cm³/mol. The number of para-hydroxylation sites is 1. The molecule has 3 heterocycles. The van der Waals surface area contributed by atoms with Gasteiger partial charge in [-0.1, -0.05) is 12.1 Å². The van der Waals surface area contributed by atoms with E-state index < -0.39 is 0 Å². The van der Waals surface area contributed by atoms with Crippen LogP contribution in [0.2, 0.25) is 0 Å². The third-order valence-corrected chi connectivity index (χ3v) is 6.52. The topological polar surface area (TPSA) is 48.6 Å². The number of likely N-dealkylation sites (tertiary alicyclic amines) is 2. The Hall–Kier alpha value is -2.01. The molecule has 2 aliphatic rings. The fourth-order valence-electron chi connectivity index (χ4n) is 4.75. The van der Waals surface area contributed by atoms with Crippen LogP contribution in [0.3, 0.4) is 0 Å². The van der Waals surface area contributed by atoms with Gasteiger partial charge in [0.1, 0.15) is 0 Å². The van der Waals surface area contributed by atoms with Crippen molar-refractivity contribution in [2.45, 2.75) is 45.6 Å².